The summed E-state index contributed by atoms with van der Waals surface area (Å²) in [4.78, 5) is 24.3. The summed E-state index contributed by atoms with van der Waals surface area (Å²) >= 11 is 0. The number of carboxylic acids is 1. The normalized spacial score (nSPS) is 12.0. The van der Waals surface area contributed by atoms with E-state index in [1.165, 1.54) is 0 Å². The molecule has 4 N–H and O–H groups in total. The number of benzene rings is 2. The molecule has 0 saturated heterocycles. The second-order valence-corrected chi connectivity index (χ2v) is 8.65. The van der Waals surface area contributed by atoms with Gasteiger partial charge in [-0.25, -0.2) is 4.79 Å². The number of amides is 1. The maximum absolute atomic E-state index is 13.5. The third-order valence-electron chi connectivity index (χ3n) is 5.79. The van der Waals surface area contributed by atoms with Crippen LogP contribution in [-0.4, -0.2) is 37.9 Å². The second kappa shape index (κ2) is 11.5. The fraction of sp³-hybridized carbons (Fsp3) is 0.333. The summed E-state index contributed by atoms with van der Waals surface area (Å²) in [6.07, 6.45) is 0.737. The molecule has 0 fully saturated rings. The predicted octanol–water partition coefficient (Wildman–Crippen LogP) is 5.24. The zero-order chi connectivity index (χ0) is 24.7. The molecule has 0 bridgehead atoms. The predicted molar refractivity (Wildman–Crippen MR) is 132 cm³/mol. The number of para-hydroxylation sites is 1. The summed E-state index contributed by atoms with van der Waals surface area (Å²) in [5.41, 5.74) is 3.12. The molecule has 7 heteroatoms. The van der Waals surface area contributed by atoms with Gasteiger partial charge in [0.05, 0.1) is 11.1 Å². The molecule has 1 aromatic heterocycles. The van der Waals surface area contributed by atoms with E-state index >= 15 is 0 Å². The molecule has 180 valence electrons. The highest BCUT2D eigenvalue weighted by molar-refractivity contribution is 6.11. The van der Waals surface area contributed by atoms with Crippen molar-refractivity contribution >= 4 is 17.6 Å². The molecule has 34 heavy (non-hydrogen) atoms. The Bertz CT molecular complexity index is 1110. The summed E-state index contributed by atoms with van der Waals surface area (Å²) in [7, 11) is 0. The van der Waals surface area contributed by atoms with Gasteiger partial charge >= 0.3 is 5.97 Å². The van der Waals surface area contributed by atoms with E-state index in [1.807, 2.05) is 74.5 Å². The molecular formula is C27H32N2O5. The van der Waals surface area contributed by atoms with Gasteiger partial charge in [-0.2, -0.15) is 0 Å². The highest BCUT2D eigenvalue weighted by atomic mass is 16.4. The Morgan fingerprint density at radius 3 is 2.15 bits per heavy atom. The van der Waals surface area contributed by atoms with Crippen molar-refractivity contribution in [2.75, 3.05) is 5.32 Å². The van der Waals surface area contributed by atoms with Crippen molar-refractivity contribution < 1.29 is 24.9 Å². The molecule has 1 unspecified atom stereocenters. The average Bonchev–Trinajstić information content (AvgIpc) is 3.12. The number of hydrogen-bond donors (Lipinski definition) is 4. The van der Waals surface area contributed by atoms with E-state index in [9.17, 15) is 19.8 Å². The van der Waals surface area contributed by atoms with Crippen LogP contribution < -0.4 is 5.32 Å². The molecule has 0 aliphatic heterocycles. The van der Waals surface area contributed by atoms with Crippen molar-refractivity contribution in [2.45, 2.75) is 58.1 Å². The Hall–Kier alpha value is -3.58. The minimum absolute atomic E-state index is 0.0336. The van der Waals surface area contributed by atoms with Crippen LogP contribution in [0.1, 0.15) is 61.5 Å². The highest BCUT2D eigenvalue weighted by Gasteiger charge is 2.29. The maximum atomic E-state index is 13.5. The summed E-state index contributed by atoms with van der Waals surface area (Å²) in [5.74, 6) is -1.49. The van der Waals surface area contributed by atoms with Gasteiger partial charge in [-0.15, -0.1) is 0 Å². The topological polar surface area (TPSA) is 112 Å². The monoisotopic (exact) mass is 464 g/mol. The van der Waals surface area contributed by atoms with Gasteiger partial charge in [0.2, 0.25) is 0 Å². The molecule has 3 aromatic rings. The molecule has 0 aliphatic rings. The number of hydrogen-bond acceptors (Lipinski definition) is 4. The Labute approximate surface area is 199 Å². The average molecular weight is 465 g/mol. The molecule has 1 amide bonds. The fourth-order valence-corrected chi connectivity index (χ4v) is 4.18. The van der Waals surface area contributed by atoms with Crippen molar-refractivity contribution in [1.82, 2.24) is 4.57 Å². The number of anilines is 1. The van der Waals surface area contributed by atoms with E-state index in [4.69, 9.17) is 5.11 Å². The fourth-order valence-electron chi connectivity index (χ4n) is 4.18. The standard InChI is InChI=1S/C27H32N2O5/c1-18(2)24-23(25(31)28-20-14-8-4-9-15-20)22(19-12-6-3-7-13-19)26(32)29(24)17-11-5-10-16-21(30)27(33)34/h3-4,6-9,12-15,18,21,30,32H,5,10-11,16-17H2,1-2H3,(H,28,31)(H,33,34). The number of carbonyl (C=O) groups is 2. The first-order valence-corrected chi connectivity index (χ1v) is 11.6. The number of nitrogens with one attached hydrogen (secondary N) is 1. The van der Waals surface area contributed by atoms with Gasteiger partial charge in [0.25, 0.3) is 5.91 Å². The van der Waals surface area contributed by atoms with E-state index in [-0.39, 0.29) is 24.1 Å². The van der Waals surface area contributed by atoms with Gasteiger partial charge < -0.3 is 25.2 Å². The number of carboxylic acid groups (broad SMARTS) is 1. The lowest BCUT2D eigenvalue weighted by molar-refractivity contribution is -0.146. The molecule has 0 aliphatic carbocycles. The second-order valence-electron chi connectivity index (χ2n) is 8.65. The van der Waals surface area contributed by atoms with E-state index in [1.54, 1.807) is 4.57 Å². The van der Waals surface area contributed by atoms with Gasteiger partial charge in [-0.1, -0.05) is 75.2 Å². The lowest BCUT2D eigenvalue weighted by Gasteiger charge is -2.15. The number of aromatic nitrogens is 1. The van der Waals surface area contributed by atoms with Crippen LogP contribution in [0.5, 0.6) is 5.88 Å². The van der Waals surface area contributed by atoms with E-state index in [0.29, 0.717) is 42.6 Å². The van der Waals surface area contributed by atoms with E-state index in [0.717, 1.165) is 11.3 Å². The van der Waals surface area contributed by atoms with Crippen LogP contribution >= 0.6 is 0 Å². The number of rotatable bonds is 11. The third kappa shape index (κ3) is 5.85. The van der Waals surface area contributed by atoms with Crippen molar-refractivity contribution in [3.8, 4) is 17.0 Å². The molecular weight excluding hydrogens is 432 g/mol. The van der Waals surface area contributed by atoms with Crippen LogP contribution in [0.25, 0.3) is 11.1 Å². The first kappa shape index (κ1) is 25.1. The summed E-state index contributed by atoms with van der Waals surface area (Å²) in [6.45, 7) is 4.45. The summed E-state index contributed by atoms with van der Waals surface area (Å²) in [5, 5.41) is 32.5. The maximum Gasteiger partial charge on any atom is 0.332 e. The van der Waals surface area contributed by atoms with Crippen molar-refractivity contribution in [3.05, 3.63) is 71.9 Å². The van der Waals surface area contributed by atoms with Gasteiger partial charge in [0.1, 0.15) is 0 Å². The third-order valence-corrected chi connectivity index (χ3v) is 5.79. The molecule has 1 heterocycles. The van der Waals surface area contributed by atoms with E-state index in [2.05, 4.69) is 5.32 Å². The Kier molecular flexibility index (Phi) is 8.49. The largest absolute Gasteiger partial charge is 0.494 e. The Balaban J connectivity index is 1.94. The van der Waals surface area contributed by atoms with Gasteiger partial charge in [-0.05, 0) is 36.5 Å². The summed E-state index contributed by atoms with van der Waals surface area (Å²) in [6, 6.07) is 18.6. The van der Waals surface area contributed by atoms with Gasteiger partial charge in [-0.3, -0.25) is 4.79 Å². The van der Waals surface area contributed by atoms with E-state index < -0.39 is 12.1 Å². The SMILES string of the molecule is CC(C)c1c(C(=O)Nc2ccccc2)c(-c2ccccc2)c(O)n1CCCCCC(O)C(=O)O. The minimum Gasteiger partial charge on any atom is -0.494 e. The molecule has 0 radical (unpaired) electrons. The molecule has 1 atom stereocenters. The Morgan fingerprint density at radius 1 is 0.941 bits per heavy atom. The molecule has 3 rings (SSSR count). The van der Waals surface area contributed by atoms with Crippen molar-refractivity contribution in [3.63, 3.8) is 0 Å². The highest BCUT2D eigenvalue weighted by Crippen LogP contribution is 2.41. The number of carbonyl (C=O) groups excluding carboxylic acids is 1. The zero-order valence-electron chi connectivity index (χ0n) is 19.6. The zero-order valence-corrected chi connectivity index (χ0v) is 19.6. The van der Waals surface area contributed by atoms with Gasteiger partial charge in [0, 0.05) is 17.9 Å². The lowest BCUT2D eigenvalue weighted by Crippen LogP contribution is -2.19. The van der Waals surface area contributed by atoms with Crippen LogP contribution in [0.2, 0.25) is 0 Å². The van der Waals surface area contributed by atoms with Crippen molar-refractivity contribution in [1.29, 1.82) is 0 Å². The van der Waals surface area contributed by atoms with Gasteiger partial charge in [0.15, 0.2) is 12.0 Å². The number of aliphatic carboxylic acids is 1. The molecule has 2 aromatic carbocycles. The lowest BCUT2D eigenvalue weighted by atomic mass is 9.97. The number of aliphatic hydroxyl groups excluding tert-OH is 1. The first-order chi connectivity index (χ1) is 16.3. The van der Waals surface area contributed by atoms with Crippen LogP contribution in [0.3, 0.4) is 0 Å². The van der Waals surface area contributed by atoms with Crippen LogP contribution in [0.4, 0.5) is 5.69 Å². The van der Waals surface area contributed by atoms with Crippen LogP contribution in [0, 0.1) is 0 Å². The molecule has 0 saturated carbocycles. The smallest absolute Gasteiger partial charge is 0.332 e. The number of aromatic hydroxyl groups is 1. The quantitative estimate of drug-likeness (QED) is 0.290. The molecule has 0 spiro atoms. The number of nitrogens with zero attached hydrogens (tertiary/aromatic N) is 1. The number of unbranched alkanes of at least 4 members (excludes halogenated alkanes) is 2. The van der Waals surface area contributed by atoms with Crippen molar-refractivity contribution in [2.24, 2.45) is 0 Å². The van der Waals surface area contributed by atoms with Crippen LogP contribution in [0.15, 0.2) is 60.7 Å². The van der Waals surface area contributed by atoms with Crippen LogP contribution in [-0.2, 0) is 11.3 Å². The first-order valence-electron chi connectivity index (χ1n) is 11.6. The summed E-state index contributed by atoms with van der Waals surface area (Å²) < 4.78 is 1.79. The Morgan fingerprint density at radius 2 is 1.56 bits per heavy atom. The number of aliphatic hydroxyl groups is 1. The molecule has 7 nitrogen and oxygen atoms in total. The minimum atomic E-state index is -1.36.